The van der Waals surface area contributed by atoms with Gasteiger partial charge in [0.05, 0.1) is 0 Å². The van der Waals surface area contributed by atoms with Gasteiger partial charge < -0.3 is 5.32 Å². The van der Waals surface area contributed by atoms with E-state index in [0.717, 1.165) is 18.9 Å². The number of aromatic nitrogens is 3. The Morgan fingerprint density at radius 2 is 2.50 bits per heavy atom. The number of rotatable bonds is 3. The summed E-state index contributed by atoms with van der Waals surface area (Å²) in [4.78, 5) is 3.88. The van der Waals surface area contributed by atoms with E-state index in [4.69, 9.17) is 0 Å². The average Bonchev–Trinajstić information content (AvgIpc) is 2.34. The van der Waals surface area contributed by atoms with Crippen LogP contribution in [0.1, 0.15) is 13.3 Å². The monoisotopic (exact) mass is 162 g/mol. The number of halogens is 1. The van der Waals surface area contributed by atoms with Crippen molar-refractivity contribution in [3.63, 3.8) is 0 Å². The lowest BCUT2D eigenvalue weighted by molar-refractivity contribution is 0.954. The fourth-order valence-electron chi connectivity index (χ4n) is 0.534. The van der Waals surface area contributed by atoms with Gasteiger partial charge in [0.25, 0.3) is 0 Å². The normalized spacial score (nSPS) is 8.50. The van der Waals surface area contributed by atoms with E-state index in [0.29, 0.717) is 0 Å². The Hall–Kier alpha value is -0.770. The second-order valence-electron chi connectivity index (χ2n) is 1.76. The molecule has 0 bridgehead atoms. The lowest BCUT2D eigenvalue weighted by Crippen LogP contribution is -2.00. The molecular weight excluding hydrogens is 152 g/mol. The predicted octanol–water partition coefficient (Wildman–Crippen LogP) is 1.05. The third-order valence-corrected chi connectivity index (χ3v) is 0.957. The summed E-state index contributed by atoms with van der Waals surface area (Å²) in [7, 11) is 0. The van der Waals surface area contributed by atoms with Crippen molar-refractivity contribution in [2.24, 2.45) is 0 Å². The molecule has 0 saturated heterocycles. The molecule has 1 aromatic heterocycles. The van der Waals surface area contributed by atoms with Crippen LogP contribution in [0.25, 0.3) is 0 Å². The maximum Gasteiger partial charge on any atom is 0.218 e. The Labute approximate surface area is 65.8 Å². The maximum absolute atomic E-state index is 3.88. The van der Waals surface area contributed by atoms with Gasteiger partial charge in [-0.15, -0.1) is 12.4 Å². The van der Waals surface area contributed by atoms with Gasteiger partial charge in [0.1, 0.15) is 6.33 Å². The van der Waals surface area contributed by atoms with E-state index >= 15 is 0 Å². The van der Waals surface area contributed by atoms with E-state index < -0.39 is 0 Å². The molecule has 0 saturated carbocycles. The fourth-order valence-corrected chi connectivity index (χ4v) is 0.534. The summed E-state index contributed by atoms with van der Waals surface area (Å²) in [5.74, 6) is 0.747. The molecule has 0 aliphatic heterocycles. The minimum absolute atomic E-state index is 0. The average molecular weight is 163 g/mol. The lowest BCUT2D eigenvalue weighted by Gasteiger charge is -1.95. The maximum atomic E-state index is 3.88. The van der Waals surface area contributed by atoms with E-state index in [-0.39, 0.29) is 12.4 Å². The van der Waals surface area contributed by atoms with Crippen LogP contribution in [0.3, 0.4) is 0 Å². The molecule has 2 N–H and O–H groups in total. The molecule has 5 heteroatoms. The number of hydrogen-bond donors (Lipinski definition) is 2. The molecule has 0 aliphatic rings. The summed E-state index contributed by atoms with van der Waals surface area (Å²) in [6.07, 6.45) is 2.58. The SMILES string of the molecule is CCCNc1ncn[nH]1.Cl. The Morgan fingerprint density at radius 3 is 3.00 bits per heavy atom. The number of nitrogens with zero attached hydrogens (tertiary/aromatic N) is 2. The van der Waals surface area contributed by atoms with Crippen LogP contribution in [0.5, 0.6) is 0 Å². The molecule has 0 unspecified atom stereocenters. The van der Waals surface area contributed by atoms with Crippen LogP contribution in [0.4, 0.5) is 5.95 Å². The van der Waals surface area contributed by atoms with Crippen molar-refractivity contribution in [2.75, 3.05) is 11.9 Å². The van der Waals surface area contributed by atoms with Crippen molar-refractivity contribution in [3.05, 3.63) is 6.33 Å². The van der Waals surface area contributed by atoms with Gasteiger partial charge >= 0.3 is 0 Å². The predicted molar refractivity (Wildman–Crippen MR) is 42.4 cm³/mol. The summed E-state index contributed by atoms with van der Waals surface area (Å²) in [5.41, 5.74) is 0. The highest BCUT2D eigenvalue weighted by atomic mass is 35.5. The summed E-state index contributed by atoms with van der Waals surface area (Å²) in [5, 5.41) is 9.42. The smallest absolute Gasteiger partial charge is 0.218 e. The Kier molecular flexibility index (Phi) is 4.66. The largest absolute Gasteiger partial charge is 0.355 e. The van der Waals surface area contributed by atoms with Gasteiger partial charge in [-0.25, -0.2) is 10.1 Å². The van der Waals surface area contributed by atoms with Gasteiger partial charge in [0.15, 0.2) is 0 Å². The molecule has 0 amide bonds. The van der Waals surface area contributed by atoms with E-state index in [9.17, 15) is 0 Å². The Balaban J connectivity index is 0.000000810. The standard InChI is InChI=1S/C5H10N4.ClH/c1-2-3-6-5-7-4-8-9-5;/h4H,2-3H2,1H3,(H2,6,7,8,9);1H. The minimum Gasteiger partial charge on any atom is -0.355 e. The van der Waals surface area contributed by atoms with Gasteiger partial charge in [-0.3, -0.25) is 0 Å². The molecule has 1 aromatic rings. The summed E-state index contributed by atoms with van der Waals surface area (Å²) in [6.45, 7) is 3.04. The molecular formula is C5H11ClN4. The Bertz CT molecular complexity index is 151. The third-order valence-electron chi connectivity index (χ3n) is 0.957. The highest BCUT2D eigenvalue weighted by Gasteiger charge is 1.88. The third kappa shape index (κ3) is 2.68. The number of hydrogen-bond acceptors (Lipinski definition) is 3. The number of nitrogens with one attached hydrogen (secondary N) is 2. The molecule has 0 spiro atoms. The molecule has 0 aliphatic carbocycles. The second-order valence-corrected chi connectivity index (χ2v) is 1.76. The molecule has 58 valence electrons. The topological polar surface area (TPSA) is 53.6 Å². The molecule has 0 atom stereocenters. The van der Waals surface area contributed by atoms with Crippen LogP contribution in [0, 0.1) is 0 Å². The van der Waals surface area contributed by atoms with Gasteiger partial charge in [0, 0.05) is 6.54 Å². The van der Waals surface area contributed by atoms with E-state index in [1.54, 1.807) is 0 Å². The van der Waals surface area contributed by atoms with Crippen molar-refractivity contribution in [3.8, 4) is 0 Å². The highest BCUT2D eigenvalue weighted by Crippen LogP contribution is 1.90. The van der Waals surface area contributed by atoms with E-state index in [1.807, 2.05) is 0 Å². The highest BCUT2D eigenvalue weighted by molar-refractivity contribution is 5.85. The zero-order chi connectivity index (χ0) is 6.53. The van der Waals surface area contributed by atoms with E-state index in [2.05, 4.69) is 27.4 Å². The van der Waals surface area contributed by atoms with Gasteiger partial charge in [-0.2, -0.15) is 5.10 Å². The summed E-state index contributed by atoms with van der Waals surface area (Å²) < 4.78 is 0. The van der Waals surface area contributed by atoms with Crippen LogP contribution >= 0.6 is 12.4 Å². The first-order chi connectivity index (χ1) is 4.43. The molecule has 1 heterocycles. The molecule has 4 nitrogen and oxygen atoms in total. The molecule has 0 radical (unpaired) electrons. The van der Waals surface area contributed by atoms with Gasteiger partial charge in [-0.1, -0.05) is 6.92 Å². The first kappa shape index (κ1) is 9.23. The zero-order valence-electron chi connectivity index (χ0n) is 5.79. The number of anilines is 1. The quantitative estimate of drug-likeness (QED) is 0.699. The minimum atomic E-state index is 0. The van der Waals surface area contributed by atoms with Crippen molar-refractivity contribution >= 4 is 18.4 Å². The molecule has 0 aromatic carbocycles. The molecule has 10 heavy (non-hydrogen) atoms. The Morgan fingerprint density at radius 1 is 1.70 bits per heavy atom. The van der Waals surface area contributed by atoms with Crippen molar-refractivity contribution in [1.29, 1.82) is 0 Å². The lowest BCUT2D eigenvalue weighted by atomic mass is 10.5. The first-order valence-electron chi connectivity index (χ1n) is 3.02. The molecule has 1 rings (SSSR count). The van der Waals surface area contributed by atoms with Crippen LogP contribution in [-0.2, 0) is 0 Å². The first-order valence-corrected chi connectivity index (χ1v) is 3.02. The zero-order valence-corrected chi connectivity index (χ0v) is 6.61. The van der Waals surface area contributed by atoms with Crippen LogP contribution in [0.15, 0.2) is 6.33 Å². The second kappa shape index (κ2) is 5.05. The van der Waals surface area contributed by atoms with Gasteiger partial charge in [-0.05, 0) is 6.42 Å². The van der Waals surface area contributed by atoms with Crippen molar-refractivity contribution in [2.45, 2.75) is 13.3 Å². The molecule has 0 fully saturated rings. The van der Waals surface area contributed by atoms with Crippen molar-refractivity contribution in [1.82, 2.24) is 15.2 Å². The van der Waals surface area contributed by atoms with E-state index in [1.165, 1.54) is 6.33 Å². The summed E-state index contributed by atoms with van der Waals surface area (Å²) in [6, 6.07) is 0. The fraction of sp³-hybridized carbons (Fsp3) is 0.600. The van der Waals surface area contributed by atoms with Crippen LogP contribution in [-0.4, -0.2) is 21.7 Å². The van der Waals surface area contributed by atoms with Crippen LogP contribution < -0.4 is 5.32 Å². The van der Waals surface area contributed by atoms with Crippen LogP contribution in [0.2, 0.25) is 0 Å². The van der Waals surface area contributed by atoms with Gasteiger partial charge in [0.2, 0.25) is 5.95 Å². The summed E-state index contributed by atoms with van der Waals surface area (Å²) >= 11 is 0. The van der Waals surface area contributed by atoms with Crippen molar-refractivity contribution < 1.29 is 0 Å². The number of H-pyrrole nitrogens is 1. The number of aromatic amines is 1.